The van der Waals surface area contributed by atoms with Crippen LogP contribution in [0.2, 0.25) is 0 Å². The van der Waals surface area contributed by atoms with Crippen LogP contribution in [0.15, 0.2) is 18.3 Å². The lowest BCUT2D eigenvalue weighted by molar-refractivity contribution is -0.137. The van der Waals surface area contributed by atoms with E-state index in [1.165, 1.54) is 11.3 Å². The van der Waals surface area contributed by atoms with Crippen LogP contribution in [0.1, 0.15) is 35.3 Å². The van der Waals surface area contributed by atoms with Crippen molar-refractivity contribution in [3.05, 3.63) is 33.8 Å². The third-order valence-corrected chi connectivity index (χ3v) is 4.15. The van der Waals surface area contributed by atoms with E-state index in [4.69, 9.17) is 5.73 Å². The van der Waals surface area contributed by atoms with Gasteiger partial charge in [-0.25, -0.2) is 9.97 Å². The molecule has 1 unspecified atom stereocenters. The SMILES string of the molecule is CCc1cnc(C(C)Nc2cc(C(F)(F)F)cc(N)n2)s1. The lowest BCUT2D eigenvalue weighted by Crippen LogP contribution is -2.12. The summed E-state index contributed by atoms with van der Waals surface area (Å²) in [4.78, 5) is 9.26. The molecule has 1 atom stereocenters. The Kier molecular flexibility index (Phi) is 4.36. The molecule has 8 heteroatoms. The standard InChI is InChI=1S/C13H15F3N4S/c1-3-9-6-18-12(21-9)7(2)19-11-5-8(13(14,15)16)4-10(17)20-11/h4-7H,3H2,1-2H3,(H3,17,19,20). The Bertz CT molecular complexity index is 624. The van der Waals surface area contributed by atoms with Crippen molar-refractivity contribution in [3.63, 3.8) is 0 Å². The van der Waals surface area contributed by atoms with Crippen LogP contribution in [0, 0.1) is 0 Å². The number of anilines is 2. The van der Waals surface area contributed by atoms with E-state index in [9.17, 15) is 13.2 Å². The Balaban J connectivity index is 2.20. The molecular formula is C13H15F3N4S. The molecule has 3 N–H and O–H groups in total. The Morgan fingerprint density at radius 1 is 1.38 bits per heavy atom. The molecule has 0 bridgehead atoms. The van der Waals surface area contributed by atoms with Crippen molar-refractivity contribution in [1.82, 2.24) is 9.97 Å². The Morgan fingerprint density at radius 2 is 2.10 bits per heavy atom. The predicted octanol–water partition coefficient (Wildman–Crippen LogP) is 3.87. The van der Waals surface area contributed by atoms with E-state index >= 15 is 0 Å². The fourth-order valence-corrected chi connectivity index (χ4v) is 2.62. The molecule has 4 nitrogen and oxygen atoms in total. The average Bonchev–Trinajstić information content (AvgIpc) is 2.85. The highest BCUT2D eigenvalue weighted by atomic mass is 32.1. The van der Waals surface area contributed by atoms with Gasteiger partial charge in [0.2, 0.25) is 0 Å². The Labute approximate surface area is 124 Å². The van der Waals surface area contributed by atoms with Crippen LogP contribution in [-0.2, 0) is 12.6 Å². The molecule has 0 aromatic carbocycles. The van der Waals surface area contributed by atoms with Crippen LogP contribution in [0.4, 0.5) is 24.8 Å². The number of pyridine rings is 1. The summed E-state index contributed by atoms with van der Waals surface area (Å²) in [5.74, 6) is -0.0871. The molecule has 2 aromatic heterocycles. The highest BCUT2D eigenvalue weighted by molar-refractivity contribution is 7.11. The van der Waals surface area contributed by atoms with Crippen molar-refractivity contribution in [2.75, 3.05) is 11.1 Å². The summed E-state index contributed by atoms with van der Waals surface area (Å²) < 4.78 is 38.2. The zero-order chi connectivity index (χ0) is 15.6. The first-order chi connectivity index (χ1) is 9.79. The third kappa shape index (κ3) is 3.84. The number of alkyl halides is 3. The van der Waals surface area contributed by atoms with Gasteiger partial charge in [0.15, 0.2) is 0 Å². The van der Waals surface area contributed by atoms with Gasteiger partial charge in [0, 0.05) is 11.1 Å². The van der Waals surface area contributed by atoms with Gasteiger partial charge in [-0.15, -0.1) is 11.3 Å². The van der Waals surface area contributed by atoms with Crippen molar-refractivity contribution in [2.45, 2.75) is 32.5 Å². The van der Waals surface area contributed by atoms with E-state index in [0.717, 1.165) is 28.4 Å². The summed E-state index contributed by atoms with van der Waals surface area (Å²) in [6.07, 6.45) is -1.81. The van der Waals surface area contributed by atoms with Crippen molar-refractivity contribution in [3.8, 4) is 0 Å². The minimum absolute atomic E-state index is 0.0862. The first kappa shape index (κ1) is 15.6. The van der Waals surface area contributed by atoms with E-state index in [1.54, 1.807) is 6.20 Å². The number of nitrogens with zero attached hydrogens (tertiary/aromatic N) is 2. The van der Waals surface area contributed by atoms with Crippen LogP contribution < -0.4 is 11.1 Å². The van der Waals surface area contributed by atoms with Crippen molar-refractivity contribution >= 4 is 23.0 Å². The van der Waals surface area contributed by atoms with Gasteiger partial charge < -0.3 is 11.1 Å². The van der Waals surface area contributed by atoms with Gasteiger partial charge in [-0.3, -0.25) is 0 Å². The molecule has 0 saturated carbocycles. The van der Waals surface area contributed by atoms with Crippen molar-refractivity contribution < 1.29 is 13.2 Å². The quantitative estimate of drug-likeness (QED) is 0.898. The number of nitrogen functional groups attached to an aromatic ring is 1. The number of hydrogen-bond donors (Lipinski definition) is 2. The summed E-state index contributed by atoms with van der Waals surface area (Å²) in [6, 6.07) is 1.51. The summed E-state index contributed by atoms with van der Waals surface area (Å²) in [7, 11) is 0. The number of thiazole rings is 1. The second-order valence-corrected chi connectivity index (χ2v) is 5.69. The second-order valence-electron chi connectivity index (χ2n) is 4.55. The van der Waals surface area contributed by atoms with Gasteiger partial charge in [0.1, 0.15) is 16.6 Å². The third-order valence-electron chi connectivity index (χ3n) is 2.83. The maximum Gasteiger partial charge on any atom is 0.416 e. The lowest BCUT2D eigenvalue weighted by atomic mass is 10.2. The van der Waals surface area contributed by atoms with Crippen LogP contribution in [0.3, 0.4) is 0 Å². The van der Waals surface area contributed by atoms with Crippen LogP contribution in [-0.4, -0.2) is 9.97 Å². The van der Waals surface area contributed by atoms with Crippen molar-refractivity contribution in [2.24, 2.45) is 0 Å². The number of nitrogens with two attached hydrogens (primary N) is 1. The topological polar surface area (TPSA) is 63.8 Å². The molecule has 21 heavy (non-hydrogen) atoms. The Hall–Kier alpha value is -1.83. The Morgan fingerprint density at radius 3 is 2.67 bits per heavy atom. The highest BCUT2D eigenvalue weighted by Crippen LogP contribution is 2.32. The molecule has 2 rings (SSSR count). The molecule has 0 saturated heterocycles. The smallest absolute Gasteiger partial charge is 0.384 e. The van der Waals surface area contributed by atoms with Gasteiger partial charge in [0.05, 0.1) is 11.6 Å². The fourth-order valence-electron chi connectivity index (χ4n) is 1.76. The number of aryl methyl sites for hydroxylation is 1. The second kappa shape index (κ2) is 5.88. The minimum Gasteiger partial charge on any atom is -0.384 e. The minimum atomic E-state index is -4.45. The predicted molar refractivity (Wildman–Crippen MR) is 77.2 cm³/mol. The highest BCUT2D eigenvalue weighted by Gasteiger charge is 2.31. The maximum atomic E-state index is 12.7. The molecule has 0 aliphatic rings. The molecule has 2 heterocycles. The molecule has 2 aromatic rings. The monoisotopic (exact) mass is 316 g/mol. The van der Waals surface area contributed by atoms with Gasteiger partial charge in [0.25, 0.3) is 0 Å². The average molecular weight is 316 g/mol. The largest absolute Gasteiger partial charge is 0.416 e. The van der Waals surface area contributed by atoms with E-state index in [0.29, 0.717) is 0 Å². The van der Waals surface area contributed by atoms with E-state index in [-0.39, 0.29) is 17.7 Å². The van der Waals surface area contributed by atoms with Crippen LogP contribution in [0.25, 0.3) is 0 Å². The summed E-state index contributed by atoms with van der Waals surface area (Å²) >= 11 is 1.52. The molecule has 0 fully saturated rings. The number of nitrogens with one attached hydrogen (secondary N) is 1. The lowest BCUT2D eigenvalue weighted by Gasteiger charge is -2.14. The van der Waals surface area contributed by atoms with Crippen LogP contribution >= 0.6 is 11.3 Å². The summed E-state index contributed by atoms with van der Waals surface area (Å²) in [6.45, 7) is 3.83. The number of hydrogen-bond acceptors (Lipinski definition) is 5. The molecule has 0 radical (unpaired) electrons. The first-order valence-electron chi connectivity index (χ1n) is 6.35. The molecule has 0 aliphatic carbocycles. The number of rotatable bonds is 4. The van der Waals surface area contributed by atoms with Gasteiger partial charge in [-0.2, -0.15) is 13.2 Å². The zero-order valence-corrected chi connectivity index (χ0v) is 12.3. The van der Waals surface area contributed by atoms with Crippen LogP contribution in [0.5, 0.6) is 0 Å². The van der Waals surface area contributed by atoms with Crippen molar-refractivity contribution in [1.29, 1.82) is 0 Å². The number of aromatic nitrogens is 2. The molecule has 114 valence electrons. The summed E-state index contributed by atoms with van der Waals surface area (Å²) in [5, 5.41) is 3.70. The first-order valence-corrected chi connectivity index (χ1v) is 7.17. The fraction of sp³-hybridized carbons (Fsp3) is 0.385. The normalized spacial score (nSPS) is 13.2. The van der Waals surface area contributed by atoms with E-state index in [2.05, 4.69) is 15.3 Å². The van der Waals surface area contributed by atoms with E-state index < -0.39 is 11.7 Å². The maximum absolute atomic E-state index is 12.7. The summed E-state index contributed by atoms with van der Waals surface area (Å²) in [5.41, 5.74) is 4.61. The zero-order valence-electron chi connectivity index (χ0n) is 11.5. The molecule has 0 spiro atoms. The van der Waals surface area contributed by atoms with Gasteiger partial charge in [-0.05, 0) is 25.5 Å². The molecular weight excluding hydrogens is 301 g/mol. The van der Waals surface area contributed by atoms with E-state index in [1.807, 2.05) is 13.8 Å². The number of halogens is 3. The molecule has 0 amide bonds. The van der Waals surface area contributed by atoms with Gasteiger partial charge >= 0.3 is 6.18 Å². The van der Waals surface area contributed by atoms with Gasteiger partial charge in [-0.1, -0.05) is 6.92 Å². The molecule has 0 aliphatic heterocycles.